The molecule has 0 aromatic carbocycles. The normalized spacial score (nSPS) is 18.9. The lowest BCUT2D eigenvalue weighted by atomic mass is 10.1. The Bertz CT molecular complexity index is 302. The van der Waals surface area contributed by atoms with E-state index in [-0.39, 0.29) is 6.10 Å². The van der Waals surface area contributed by atoms with Crippen LogP contribution in [0.15, 0.2) is 12.3 Å². The Kier molecular flexibility index (Phi) is 2.56. The summed E-state index contributed by atoms with van der Waals surface area (Å²) in [5.41, 5.74) is 1.09. The van der Waals surface area contributed by atoms with Crippen molar-refractivity contribution in [2.24, 2.45) is 0 Å². The summed E-state index contributed by atoms with van der Waals surface area (Å²) in [6.07, 6.45) is 1.89. The van der Waals surface area contributed by atoms with E-state index in [1.807, 2.05) is 16.9 Å². The third kappa shape index (κ3) is 1.96. The zero-order valence-electron chi connectivity index (χ0n) is 8.72. The van der Waals surface area contributed by atoms with Gasteiger partial charge in [0.1, 0.15) is 0 Å². The van der Waals surface area contributed by atoms with Crippen molar-refractivity contribution in [3.63, 3.8) is 0 Å². The van der Waals surface area contributed by atoms with Crippen molar-refractivity contribution in [3.05, 3.63) is 18.0 Å². The average molecular weight is 195 g/mol. The molecule has 1 N–H and O–H groups in total. The largest absolute Gasteiger partial charge is 0.390 e. The van der Waals surface area contributed by atoms with Gasteiger partial charge in [0.15, 0.2) is 0 Å². The summed E-state index contributed by atoms with van der Waals surface area (Å²) < 4.78 is 1.96. The van der Waals surface area contributed by atoms with Crippen molar-refractivity contribution in [2.75, 3.05) is 13.1 Å². The van der Waals surface area contributed by atoms with E-state index in [0.717, 1.165) is 25.3 Å². The molecule has 1 saturated heterocycles. The molecule has 1 aromatic rings. The van der Waals surface area contributed by atoms with Crippen LogP contribution in [0.1, 0.15) is 25.6 Å². The lowest BCUT2D eigenvalue weighted by Crippen LogP contribution is -2.49. The van der Waals surface area contributed by atoms with Crippen molar-refractivity contribution in [3.8, 4) is 0 Å². The van der Waals surface area contributed by atoms with Crippen LogP contribution >= 0.6 is 0 Å². The third-order valence-electron chi connectivity index (χ3n) is 2.52. The quantitative estimate of drug-likeness (QED) is 0.769. The highest BCUT2D eigenvalue weighted by atomic mass is 16.3. The van der Waals surface area contributed by atoms with Crippen LogP contribution in [0.25, 0.3) is 0 Å². The SMILES string of the molecule is CC(C)n1ccc(CN2CC(O)C2)n1. The molecule has 1 fully saturated rings. The first-order chi connectivity index (χ1) is 6.65. The first kappa shape index (κ1) is 9.68. The molecule has 0 saturated carbocycles. The molecular weight excluding hydrogens is 178 g/mol. The van der Waals surface area contributed by atoms with E-state index in [1.54, 1.807) is 0 Å². The summed E-state index contributed by atoms with van der Waals surface area (Å²) in [4.78, 5) is 2.19. The zero-order valence-corrected chi connectivity index (χ0v) is 8.72. The fourth-order valence-electron chi connectivity index (χ4n) is 1.65. The molecule has 0 spiro atoms. The minimum atomic E-state index is -0.123. The first-order valence-electron chi connectivity index (χ1n) is 5.09. The van der Waals surface area contributed by atoms with Gasteiger partial charge in [0.05, 0.1) is 11.8 Å². The van der Waals surface area contributed by atoms with E-state index in [4.69, 9.17) is 5.11 Å². The molecule has 4 heteroatoms. The standard InChI is InChI=1S/C10H17N3O/c1-8(2)13-4-3-9(11-13)5-12-6-10(14)7-12/h3-4,8,10,14H,5-7H2,1-2H3. The van der Waals surface area contributed by atoms with Crippen molar-refractivity contribution in [1.82, 2.24) is 14.7 Å². The lowest BCUT2D eigenvalue weighted by molar-refractivity contribution is -0.00365. The van der Waals surface area contributed by atoms with E-state index in [9.17, 15) is 0 Å². The van der Waals surface area contributed by atoms with E-state index in [2.05, 4.69) is 23.8 Å². The summed E-state index contributed by atoms with van der Waals surface area (Å²) in [6.45, 7) is 6.66. The number of rotatable bonds is 3. The van der Waals surface area contributed by atoms with Gasteiger partial charge in [-0.2, -0.15) is 5.10 Å². The minimum Gasteiger partial charge on any atom is -0.390 e. The topological polar surface area (TPSA) is 41.3 Å². The van der Waals surface area contributed by atoms with Crippen LogP contribution in [-0.4, -0.2) is 39.0 Å². The maximum absolute atomic E-state index is 9.12. The first-order valence-corrected chi connectivity index (χ1v) is 5.09. The van der Waals surface area contributed by atoms with Crippen molar-refractivity contribution < 1.29 is 5.11 Å². The van der Waals surface area contributed by atoms with Crippen LogP contribution < -0.4 is 0 Å². The molecule has 2 rings (SSSR count). The number of hydrogen-bond acceptors (Lipinski definition) is 3. The van der Waals surface area contributed by atoms with Crippen molar-refractivity contribution >= 4 is 0 Å². The molecule has 2 heterocycles. The van der Waals surface area contributed by atoms with Gasteiger partial charge in [-0.1, -0.05) is 0 Å². The maximum atomic E-state index is 9.12. The van der Waals surface area contributed by atoms with Gasteiger partial charge in [0, 0.05) is 31.9 Å². The van der Waals surface area contributed by atoms with Gasteiger partial charge >= 0.3 is 0 Å². The average Bonchev–Trinajstić information content (AvgIpc) is 2.50. The van der Waals surface area contributed by atoms with E-state index < -0.39 is 0 Å². The molecule has 1 aromatic heterocycles. The smallest absolute Gasteiger partial charge is 0.0794 e. The fourth-order valence-corrected chi connectivity index (χ4v) is 1.65. The number of likely N-dealkylation sites (tertiary alicyclic amines) is 1. The van der Waals surface area contributed by atoms with Crippen LogP contribution in [0.3, 0.4) is 0 Å². The van der Waals surface area contributed by atoms with Gasteiger partial charge < -0.3 is 5.11 Å². The van der Waals surface area contributed by atoms with Gasteiger partial charge in [0.2, 0.25) is 0 Å². The van der Waals surface area contributed by atoms with Crippen LogP contribution in [-0.2, 0) is 6.54 Å². The number of aromatic nitrogens is 2. The molecule has 1 aliphatic rings. The number of aliphatic hydroxyl groups is 1. The molecule has 14 heavy (non-hydrogen) atoms. The summed E-state index contributed by atoms with van der Waals surface area (Å²) >= 11 is 0. The Morgan fingerprint density at radius 2 is 2.29 bits per heavy atom. The van der Waals surface area contributed by atoms with Crippen molar-refractivity contribution in [2.45, 2.75) is 32.5 Å². The summed E-state index contributed by atoms with van der Waals surface area (Å²) in [6, 6.07) is 2.47. The number of β-amino-alcohol motifs (C(OH)–C–C–N with tert-alkyl or cyclic N) is 1. The lowest BCUT2D eigenvalue weighted by Gasteiger charge is -2.35. The van der Waals surface area contributed by atoms with Gasteiger partial charge in [-0.3, -0.25) is 9.58 Å². The molecule has 4 nitrogen and oxygen atoms in total. The van der Waals surface area contributed by atoms with Gasteiger partial charge in [-0.25, -0.2) is 0 Å². The minimum absolute atomic E-state index is 0.123. The predicted molar refractivity (Wildman–Crippen MR) is 53.9 cm³/mol. The Morgan fingerprint density at radius 3 is 2.79 bits per heavy atom. The Hall–Kier alpha value is -0.870. The van der Waals surface area contributed by atoms with Crippen LogP contribution in [0, 0.1) is 0 Å². The Labute approximate surface area is 84.1 Å². The predicted octanol–water partition coefficient (Wildman–Crippen LogP) is 0.641. The van der Waals surface area contributed by atoms with Gasteiger partial charge in [-0.05, 0) is 19.9 Å². The highest BCUT2D eigenvalue weighted by Gasteiger charge is 2.24. The third-order valence-corrected chi connectivity index (χ3v) is 2.52. The maximum Gasteiger partial charge on any atom is 0.0794 e. The number of aliphatic hydroxyl groups excluding tert-OH is 1. The Balaban J connectivity index is 1.90. The Morgan fingerprint density at radius 1 is 1.57 bits per heavy atom. The van der Waals surface area contributed by atoms with Gasteiger partial charge in [0.25, 0.3) is 0 Å². The second kappa shape index (κ2) is 3.71. The summed E-state index contributed by atoms with van der Waals surface area (Å²) in [5.74, 6) is 0. The van der Waals surface area contributed by atoms with Gasteiger partial charge in [-0.15, -0.1) is 0 Å². The molecule has 0 aliphatic carbocycles. The van der Waals surface area contributed by atoms with E-state index in [0.29, 0.717) is 6.04 Å². The highest BCUT2D eigenvalue weighted by molar-refractivity contribution is 5.00. The van der Waals surface area contributed by atoms with E-state index in [1.165, 1.54) is 0 Å². The summed E-state index contributed by atoms with van der Waals surface area (Å²) in [5, 5.41) is 13.6. The molecule has 0 unspecified atom stereocenters. The monoisotopic (exact) mass is 195 g/mol. The van der Waals surface area contributed by atoms with E-state index >= 15 is 0 Å². The fraction of sp³-hybridized carbons (Fsp3) is 0.700. The zero-order chi connectivity index (χ0) is 10.1. The molecule has 0 atom stereocenters. The second-order valence-corrected chi connectivity index (χ2v) is 4.23. The molecular formula is C10H17N3O. The molecule has 0 radical (unpaired) electrons. The molecule has 0 amide bonds. The number of nitrogens with zero attached hydrogens (tertiary/aromatic N) is 3. The van der Waals surface area contributed by atoms with Crippen molar-refractivity contribution in [1.29, 1.82) is 0 Å². The highest BCUT2D eigenvalue weighted by Crippen LogP contribution is 2.12. The van der Waals surface area contributed by atoms with Crippen LogP contribution in [0.5, 0.6) is 0 Å². The van der Waals surface area contributed by atoms with Crippen LogP contribution in [0.4, 0.5) is 0 Å². The molecule has 0 bridgehead atoms. The van der Waals surface area contributed by atoms with Crippen LogP contribution in [0.2, 0.25) is 0 Å². The molecule has 78 valence electrons. The number of hydrogen-bond donors (Lipinski definition) is 1. The molecule has 1 aliphatic heterocycles. The second-order valence-electron chi connectivity index (χ2n) is 4.23. The summed E-state index contributed by atoms with van der Waals surface area (Å²) in [7, 11) is 0.